The number of anilines is 2. The van der Waals surface area contributed by atoms with Crippen molar-refractivity contribution in [3.8, 4) is 0 Å². The molecular weight excluding hydrogens is 331 g/mol. The SMILES string of the molecule is Clc1ccc(N2CCN(c3cc(Cl)nnc3Cl)CC2)cc1. The van der Waals surface area contributed by atoms with Crippen LogP contribution < -0.4 is 9.80 Å². The third-order valence-electron chi connectivity index (χ3n) is 3.51. The average molecular weight is 344 g/mol. The van der Waals surface area contributed by atoms with E-state index < -0.39 is 0 Å². The molecule has 4 nitrogen and oxygen atoms in total. The lowest BCUT2D eigenvalue weighted by molar-refractivity contribution is 0.652. The number of piperazine rings is 1. The van der Waals surface area contributed by atoms with Crippen LogP contribution in [0.15, 0.2) is 30.3 Å². The quantitative estimate of drug-likeness (QED) is 0.831. The molecule has 2 heterocycles. The van der Waals surface area contributed by atoms with Crippen LogP contribution in [-0.2, 0) is 0 Å². The second kappa shape index (κ2) is 6.26. The summed E-state index contributed by atoms with van der Waals surface area (Å²) in [5.74, 6) is 0. The van der Waals surface area contributed by atoms with Gasteiger partial charge in [-0.05, 0) is 24.3 Å². The maximum Gasteiger partial charge on any atom is 0.175 e. The number of nitrogens with zero attached hydrogens (tertiary/aromatic N) is 4. The van der Waals surface area contributed by atoms with E-state index in [9.17, 15) is 0 Å². The van der Waals surface area contributed by atoms with Crippen LogP contribution in [0.3, 0.4) is 0 Å². The van der Waals surface area contributed by atoms with Crippen molar-refractivity contribution in [1.29, 1.82) is 0 Å². The molecule has 1 aromatic heterocycles. The van der Waals surface area contributed by atoms with Crippen LogP contribution in [0.5, 0.6) is 0 Å². The summed E-state index contributed by atoms with van der Waals surface area (Å²) in [5, 5.41) is 9.09. The van der Waals surface area contributed by atoms with Gasteiger partial charge < -0.3 is 9.80 Å². The molecule has 0 N–H and O–H groups in total. The second-order valence-corrected chi connectivity index (χ2v) is 5.98. The summed E-state index contributed by atoms with van der Waals surface area (Å²) in [6.07, 6.45) is 0. The molecule has 21 heavy (non-hydrogen) atoms. The molecule has 0 saturated carbocycles. The van der Waals surface area contributed by atoms with Crippen molar-refractivity contribution in [1.82, 2.24) is 10.2 Å². The highest BCUT2D eigenvalue weighted by Crippen LogP contribution is 2.27. The summed E-state index contributed by atoms with van der Waals surface area (Å²) >= 11 is 17.9. The van der Waals surface area contributed by atoms with E-state index in [1.54, 1.807) is 6.07 Å². The second-order valence-electron chi connectivity index (χ2n) is 4.79. The summed E-state index contributed by atoms with van der Waals surface area (Å²) in [6.45, 7) is 3.50. The Hall–Kier alpha value is -1.23. The molecule has 0 amide bonds. The van der Waals surface area contributed by atoms with Crippen molar-refractivity contribution in [2.75, 3.05) is 36.0 Å². The highest BCUT2D eigenvalue weighted by Gasteiger charge is 2.20. The number of hydrogen-bond donors (Lipinski definition) is 0. The smallest absolute Gasteiger partial charge is 0.175 e. The van der Waals surface area contributed by atoms with E-state index in [0.717, 1.165) is 36.9 Å². The zero-order valence-electron chi connectivity index (χ0n) is 11.1. The first kappa shape index (κ1) is 14.7. The molecule has 0 spiro atoms. The fourth-order valence-corrected chi connectivity index (χ4v) is 2.90. The summed E-state index contributed by atoms with van der Waals surface area (Å²) in [7, 11) is 0. The van der Waals surface area contributed by atoms with E-state index in [0.29, 0.717) is 10.3 Å². The number of halogens is 3. The fourth-order valence-electron chi connectivity index (χ4n) is 2.42. The van der Waals surface area contributed by atoms with Gasteiger partial charge in [0.15, 0.2) is 10.3 Å². The van der Waals surface area contributed by atoms with Crippen molar-refractivity contribution in [3.05, 3.63) is 45.7 Å². The maximum atomic E-state index is 6.10. The molecule has 2 aromatic rings. The first-order valence-electron chi connectivity index (χ1n) is 6.58. The average Bonchev–Trinajstić information content (AvgIpc) is 2.51. The van der Waals surface area contributed by atoms with Crippen LogP contribution in [0.1, 0.15) is 0 Å². The van der Waals surface area contributed by atoms with Gasteiger partial charge in [0.2, 0.25) is 0 Å². The number of benzene rings is 1. The lowest BCUT2D eigenvalue weighted by Gasteiger charge is -2.37. The van der Waals surface area contributed by atoms with Crippen LogP contribution in [0.25, 0.3) is 0 Å². The number of rotatable bonds is 2. The molecule has 0 radical (unpaired) electrons. The van der Waals surface area contributed by atoms with Gasteiger partial charge in [-0.1, -0.05) is 34.8 Å². The Morgan fingerprint density at radius 3 is 2.10 bits per heavy atom. The lowest BCUT2D eigenvalue weighted by atomic mass is 10.2. The van der Waals surface area contributed by atoms with E-state index in [1.807, 2.05) is 24.3 Å². The van der Waals surface area contributed by atoms with Crippen molar-refractivity contribution in [2.24, 2.45) is 0 Å². The molecule has 0 aliphatic carbocycles. The summed E-state index contributed by atoms with van der Waals surface area (Å²) in [6, 6.07) is 9.65. The molecule has 1 aliphatic heterocycles. The highest BCUT2D eigenvalue weighted by molar-refractivity contribution is 6.33. The standard InChI is InChI=1S/C14H13Cl3N4/c15-10-1-3-11(4-2-10)20-5-7-21(8-6-20)12-9-13(16)18-19-14(12)17/h1-4,9H,5-8H2. The van der Waals surface area contributed by atoms with Crippen LogP contribution >= 0.6 is 34.8 Å². The molecule has 1 aromatic carbocycles. The third-order valence-corrected chi connectivity index (χ3v) is 4.22. The molecule has 1 aliphatic rings. The monoisotopic (exact) mass is 342 g/mol. The van der Waals surface area contributed by atoms with Gasteiger partial charge in [0.1, 0.15) is 0 Å². The van der Waals surface area contributed by atoms with Gasteiger partial charge in [0.25, 0.3) is 0 Å². The molecule has 7 heteroatoms. The predicted molar refractivity (Wildman–Crippen MR) is 87.9 cm³/mol. The highest BCUT2D eigenvalue weighted by atomic mass is 35.5. The Morgan fingerprint density at radius 2 is 1.43 bits per heavy atom. The zero-order chi connectivity index (χ0) is 14.8. The number of aromatic nitrogens is 2. The first-order chi connectivity index (χ1) is 10.1. The molecule has 1 saturated heterocycles. The number of hydrogen-bond acceptors (Lipinski definition) is 4. The largest absolute Gasteiger partial charge is 0.368 e. The molecule has 0 atom stereocenters. The summed E-state index contributed by atoms with van der Waals surface area (Å²) in [5.41, 5.74) is 2.02. The van der Waals surface area contributed by atoms with Crippen LogP contribution in [0.2, 0.25) is 15.3 Å². The van der Waals surface area contributed by atoms with Gasteiger partial charge >= 0.3 is 0 Å². The molecular formula is C14H13Cl3N4. The van der Waals surface area contributed by atoms with Gasteiger partial charge in [-0.3, -0.25) is 0 Å². The predicted octanol–water partition coefficient (Wildman–Crippen LogP) is 3.76. The van der Waals surface area contributed by atoms with E-state index in [2.05, 4.69) is 20.0 Å². The van der Waals surface area contributed by atoms with E-state index in [-0.39, 0.29) is 0 Å². The molecule has 3 rings (SSSR count). The van der Waals surface area contributed by atoms with Crippen LogP contribution in [-0.4, -0.2) is 36.4 Å². The summed E-state index contributed by atoms with van der Waals surface area (Å²) in [4.78, 5) is 4.49. The van der Waals surface area contributed by atoms with E-state index in [4.69, 9.17) is 34.8 Å². The van der Waals surface area contributed by atoms with Crippen molar-refractivity contribution >= 4 is 46.2 Å². The van der Waals surface area contributed by atoms with Gasteiger partial charge in [0, 0.05) is 43.0 Å². The van der Waals surface area contributed by atoms with Gasteiger partial charge in [-0.15, -0.1) is 10.2 Å². The third kappa shape index (κ3) is 3.34. The van der Waals surface area contributed by atoms with Crippen LogP contribution in [0, 0.1) is 0 Å². The van der Waals surface area contributed by atoms with Gasteiger partial charge in [0.05, 0.1) is 5.69 Å². The Morgan fingerprint density at radius 1 is 0.810 bits per heavy atom. The van der Waals surface area contributed by atoms with Crippen molar-refractivity contribution < 1.29 is 0 Å². The minimum atomic E-state index is 0.356. The van der Waals surface area contributed by atoms with Crippen molar-refractivity contribution in [2.45, 2.75) is 0 Å². The van der Waals surface area contributed by atoms with E-state index >= 15 is 0 Å². The maximum absolute atomic E-state index is 6.10. The van der Waals surface area contributed by atoms with Crippen molar-refractivity contribution in [3.63, 3.8) is 0 Å². The Kier molecular flexibility index (Phi) is 4.38. The lowest BCUT2D eigenvalue weighted by Crippen LogP contribution is -2.46. The Balaban J connectivity index is 1.70. The zero-order valence-corrected chi connectivity index (χ0v) is 13.4. The molecule has 0 bridgehead atoms. The Labute approximate surface area is 138 Å². The minimum Gasteiger partial charge on any atom is -0.368 e. The summed E-state index contributed by atoms with van der Waals surface area (Å²) < 4.78 is 0. The molecule has 110 valence electrons. The topological polar surface area (TPSA) is 32.3 Å². The molecule has 0 unspecified atom stereocenters. The first-order valence-corrected chi connectivity index (χ1v) is 7.71. The Bertz CT molecular complexity index is 625. The minimum absolute atomic E-state index is 0.356. The fraction of sp³-hybridized carbons (Fsp3) is 0.286. The van der Waals surface area contributed by atoms with Gasteiger partial charge in [-0.25, -0.2) is 0 Å². The molecule has 1 fully saturated rings. The van der Waals surface area contributed by atoms with Gasteiger partial charge in [-0.2, -0.15) is 0 Å². The normalized spacial score (nSPS) is 15.4. The van der Waals surface area contributed by atoms with E-state index in [1.165, 1.54) is 5.69 Å². The van der Waals surface area contributed by atoms with Crippen LogP contribution in [0.4, 0.5) is 11.4 Å².